The second-order valence-electron chi connectivity index (χ2n) is 6.73. The standard InChI is InChI=1S/C22H18ClN3O4/c1-13-9-15(5-6-17(13)23)26-20(27)12-25-14-3-2-4-16(10-14)29-19-7-8-24-18-11-21(28)30-22(18)19/h2-10,25H,11-12H2,1H3,(H,26,27). The van der Waals surface area contributed by atoms with Gasteiger partial charge in [-0.25, -0.2) is 0 Å². The van der Waals surface area contributed by atoms with Crippen LogP contribution in [0.2, 0.25) is 5.02 Å². The molecule has 2 heterocycles. The van der Waals surface area contributed by atoms with Gasteiger partial charge in [0, 0.05) is 34.7 Å². The lowest BCUT2D eigenvalue weighted by molar-refractivity contribution is -0.132. The maximum absolute atomic E-state index is 12.2. The third-order valence-electron chi connectivity index (χ3n) is 4.43. The number of hydrogen-bond donors (Lipinski definition) is 2. The maximum atomic E-state index is 12.2. The van der Waals surface area contributed by atoms with Crippen molar-refractivity contribution in [1.82, 2.24) is 4.98 Å². The third kappa shape index (κ3) is 4.52. The van der Waals surface area contributed by atoms with Gasteiger partial charge in [0.25, 0.3) is 0 Å². The summed E-state index contributed by atoms with van der Waals surface area (Å²) in [4.78, 5) is 27.9. The van der Waals surface area contributed by atoms with E-state index in [4.69, 9.17) is 21.1 Å². The Kier molecular flexibility index (Phi) is 5.54. The summed E-state index contributed by atoms with van der Waals surface area (Å²) >= 11 is 6.00. The van der Waals surface area contributed by atoms with E-state index in [9.17, 15) is 9.59 Å². The number of pyridine rings is 1. The van der Waals surface area contributed by atoms with Crippen molar-refractivity contribution in [3.63, 3.8) is 0 Å². The number of hydrogen-bond acceptors (Lipinski definition) is 6. The fraction of sp³-hybridized carbons (Fsp3) is 0.136. The number of benzene rings is 2. The molecule has 8 heteroatoms. The second kappa shape index (κ2) is 8.42. The Bertz CT molecular complexity index is 1130. The van der Waals surface area contributed by atoms with Crippen LogP contribution in [0.1, 0.15) is 11.3 Å². The van der Waals surface area contributed by atoms with Crippen molar-refractivity contribution in [2.24, 2.45) is 0 Å². The van der Waals surface area contributed by atoms with E-state index in [1.54, 1.807) is 42.6 Å². The Morgan fingerprint density at radius 3 is 2.90 bits per heavy atom. The van der Waals surface area contributed by atoms with Crippen molar-refractivity contribution >= 4 is 34.9 Å². The molecule has 0 atom stereocenters. The molecule has 1 aliphatic rings. The highest BCUT2D eigenvalue weighted by molar-refractivity contribution is 6.31. The number of ether oxygens (including phenoxy) is 2. The number of halogens is 1. The predicted octanol–water partition coefficient (Wildman–Crippen LogP) is 4.35. The molecule has 0 fully saturated rings. The van der Waals surface area contributed by atoms with Gasteiger partial charge in [-0.2, -0.15) is 0 Å². The first kappa shape index (κ1) is 19.7. The van der Waals surface area contributed by atoms with Crippen LogP contribution in [0.3, 0.4) is 0 Å². The zero-order chi connectivity index (χ0) is 21.1. The molecule has 2 aromatic carbocycles. The fourth-order valence-electron chi connectivity index (χ4n) is 2.98. The Balaban J connectivity index is 1.38. The Morgan fingerprint density at radius 2 is 2.07 bits per heavy atom. The number of rotatable bonds is 6. The number of nitrogens with one attached hydrogen (secondary N) is 2. The molecule has 1 amide bonds. The SMILES string of the molecule is Cc1cc(NC(=O)CNc2cccc(Oc3ccnc4c3OC(=O)C4)c2)ccc1Cl. The van der Waals surface area contributed by atoms with Crippen LogP contribution in [0.15, 0.2) is 54.7 Å². The molecule has 7 nitrogen and oxygen atoms in total. The predicted molar refractivity (Wildman–Crippen MR) is 113 cm³/mol. The lowest BCUT2D eigenvalue weighted by Gasteiger charge is -2.11. The van der Waals surface area contributed by atoms with Crippen LogP contribution in [0.4, 0.5) is 11.4 Å². The zero-order valence-electron chi connectivity index (χ0n) is 16.1. The van der Waals surface area contributed by atoms with E-state index in [1.807, 2.05) is 19.1 Å². The quantitative estimate of drug-likeness (QED) is 0.573. The van der Waals surface area contributed by atoms with Crippen molar-refractivity contribution in [1.29, 1.82) is 0 Å². The second-order valence-corrected chi connectivity index (χ2v) is 7.14. The van der Waals surface area contributed by atoms with Gasteiger partial charge in [0.05, 0.1) is 18.7 Å². The van der Waals surface area contributed by atoms with Gasteiger partial charge in [-0.05, 0) is 42.8 Å². The Morgan fingerprint density at radius 1 is 1.20 bits per heavy atom. The van der Waals surface area contributed by atoms with Gasteiger partial charge in [-0.1, -0.05) is 17.7 Å². The number of anilines is 2. The average molecular weight is 424 g/mol. The minimum absolute atomic E-state index is 0.0768. The number of nitrogens with zero attached hydrogens (tertiary/aromatic N) is 1. The van der Waals surface area contributed by atoms with Crippen molar-refractivity contribution in [2.75, 3.05) is 17.2 Å². The summed E-state index contributed by atoms with van der Waals surface area (Å²) < 4.78 is 11.1. The van der Waals surface area contributed by atoms with Gasteiger partial charge in [-0.3, -0.25) is 14.6 Å². The van der Waals surface area contributed by atoms with Gasteiger partial charge in [0.15, 0.2) is 11.5 Å². The fourth-order valence-corrected chi connectivity index (χ4v) is 3.10. The molecule has 1 aromatic heterocycles. The monoisotopic (exact) mass is 423 g/mol. The summed E-state index contributed by atoms with van der Waals surface area (Å²) in [6, 6.07) is 14.1. The Hall–Kier alpha value is -3.58. The molecule has 0 saturated carbocycles. The summed E-state index contributed by atoms with van der Waals surface area (Å²) in [5.74, 6) is 0.746. The van der Waals surface area contributed by atoms with Crippen LogP contribution < -0.4 is 20.1 Å². The van der Waals surface area contributed by atoms with Crippen LogP contribution in [0.5, 0.6) is 17.2 Å². The number of carbonyl (C=O) groups is 2. The number of fused-ring (bicyclic) bond motifs is 1. The molecule has 2 N–H and O–H groups in total. The summed E-state index contributed by atoms with van der Waals surface area (Å²) in [5, 5.41) is 6.53. The van der Waals surface area contributed by atoms with Gasteiger partial charge in [0.1, 0.15) is 5.75 Å². The number of aromatic nitrogens is 1. The van der Waals surface area contributed by atoms with Gasteiger partial charge < -0.3 is 20.1 Å². The number of amides is 1. The van der Waals surface area contributed by atoms with E-state index >= 15 is 0 Å². The van der Waals surface area contributed by atoms with E-state index in [2.05, 4.69) is 15.6 Å². The van der Waals surface area contributed by atoms with Crippen molar-refractivity contribution in [2.45, 2.75) is 13.3 Å². The molecule has 3 aromatic rings. The molecule has 0 saturated heterocycles. The van der Waals surface area contributed by atoms with Crippen LogP contribution in [0.25, 0.3) is 0 Å². The first-order chi connectivity index (χ1) is 14.5. The summed E-state index contributed by atoms with van der Waals surface area (Å²) in [6.45, 7) is 1.95. The summed E-state index contributed by atoms with van der Waals surface area (Å²) in [5.41, 5.74) is 2.83. The lowest BCUT2D eigenvalue weighted by atomic mass is 10.2. The molecular weight excluding hydrogens is 406 g/mol. The number of esters is 1. The van der Waals surface area contributed by atoms with Crippen molar-refractivity contribution < 1.29 is 19.1 Å². The van der Waals surface area contributed by atoms with Crippen LogP contribution in [0, 0.1) is 6.92 Å². The molecule has 1 aliphatic heterocycles. The van der Waals surface area contributed by atoms with Crippen LogP contribution >= 0.6 is 11.6 Å². The van der Waals surface area contributed by atoms with E-state index < -0.39 is 0 Å². The van der Waals surface area contributed by atoms with Crippen LogP contribution in [-0.2, 0) is 16.0 Å². The molecule has 0 spiro atoms. The summed E-state index contributed by atoms with van der Waals surface area (Å²) in [7, 11) is 0. The van der Waals surface area contributed by atoms with Gasteiger partial charge in [-0.15, -0.1) is 0 Å². The van der Waals surface area contributed by atoms with E-state index in [-0.39, 0.29) is 24.8 Å². The Labute approximate surface area is 178 Å². The number of carbonyl (C=O) groups excluding carboxylic acids is 2. The first-order valence-corrected chi connectivity index (χ1v) is 9.62. The first-order valence-electron chi connectivity index (χ1n) is 9.24. The van der Waals surface area contributed by atoms with Crippen LogP contribution in [-0.4, -0.2) is 23.4 Å². The topological polar surface area (TPSA) is 89.6 Å². The molecule has 4 rings (SSSR count). The molecule has 0 bridgehead atoms. The summed E-state index contributed by atoms with van der Waals surface area (Å²) in [6.07, 6.45) is 1.71. The average Bonchev–Trinajstić information content (AvgIpc) is 3.11. The minimum Gasteiger partial charge on any atom is -0.453 e. The minimum atomic E-state index is -0.356. The van der Waals surface area contributed by atoms with Crippen molar-refractivity contribution in [3.05, 3.63) is 71.0 Å². The third-order valence-corrected chi connectivity index (χ3v) is 4.85. The molecule has 0 unspecified atom stereocenters. The van der Waals surface area contributed by atoms with Crippen molar-refractivity contribution in [3.8, 4) is 17.2 Å². The largest absolute Gasteiger partial charge is 0.453 e. The smallest absolute Gasteiger partial charge is 0.317 e. The highest BCUT2D eigenvalue weighted by Gasteiger charge is 2.25. The molecular formula is C22H18ClN3O4. The maximum Gasteiger partial charge on any atom is 0.317 e. The molecule has 152 valence electrons. The van der Waals surface area contributed by atoms with Gasteiger partial charge in [0.2, 0.25) is 5.91 Å². The highest BCUT2D eigenvalue weighted by atomic mass is 35.5. The lowest BCUT2D eigenvalue weighted by Crippen LogP contribution is -2.21. The molecule has 0 radical (unpaired) electrons. The van der Waals surface area contributed by atoms with E-state index in [0.29, 0.717) is 39.3 Å². The molecule has 30 heavy (non-hydrogen) atoms. The number of aryl methyl sites for hydroxylation is 1. The zero-order valence-corrected chi connectivity index (χ0v) is 16.8. The van der Waals surface area contributed by atoms with E-state index in [1.165, 1.54) is 0 Å². The highest BCUT2D eigenvalue weighted by Crippen LogP contribution is 2.37. The van der Waals surface area contributed by atoms with Gasteiger partial charge >= 0.3 is 5.97 Å². The van der Waals surface area contributed by atoms with E-state index in [0.717, 1.165) is 5.56 Å². The normalized spacial score (nSPS) is 12.1. The molecule has 0 aliphatic carbocycles.